The van der Waals surface area contributed by atoms with E-state index in [1.54, 1.807) is 7.11 Å². The van der Waals surface area contributed by atoms with Crippen molar-refractivity contribution in [2.24, 2.45) is 11.8 Å². The largest absolute Gasteiger partial charge is 0.497 e. The molecule has 3 rings (SSSR count). The molecule has 1 aliphatic heterocycles. The average molecular weight is 275 g/mol. The van der Waals surface area contributed by atoms with E-state index in [1.165, 1.54) is 11.1 Å². The predicted molar refractivity (Wildman–Crippen MR) is 75.9 cm³/mol. The highest BCUT2D eigenvalue weighted by atomic mass is 16.5. The van der Waals surface area contributed by atoms with E-state index in [-0.39, 0.29) is 11.8 Å². The normalized spacial score (nSPS) is 29.4. The molecule has 108 valence electrons. The number of ether oxygens (including phenoxy) is 1. The number of carbonyl (C=O) groups is 1. The number of fused-ring (bicyclic) bond motifs is 1. The fraction of sp³-hybridized carbons (Fsp3) is 0.562. The van der Waals surface area contributed by atoms with Crippen LogP contribution in [0.1, 0.15) is 30.5 Å². The summed E-state index contributed by atoms with van der Waals surface area (Å²) >= 11 is 0. The van der Waals surface area contributed by atoms with Gasteiger partial charge in [0.05, 0.1) is 13.0 Å². The number of hydrogen-bond donors (Lipinski definition) is 1. The maximum atomic E-state index is 11.3. The van der Waals surface area contributed by atoms with Crippen LogP contribution >= 0.6 is 0 Å². The molecule has 0 saturated carbocycles. The molecule has 1 heterocycles. The third-order valence-corrected chi connectivity index (χ3v) is 4.80. The van der Waals surface area contributed by atoms with E-state index in [0.717, 1.165) is 25.1 Å². The van der Waals surface area contributed by atoms with Crippen LogP contribution in [-0.2, 0) is 11.2 Å². The summed E-state index contributed by atoms with van der Waals surface area (Å²) in [7, 11) is 1.68. The Morgan fingerprint density at radius 3 is 2.85 bits per heavy atom. The number of aliphatic carboxylic acids is 1. The van der Waals surface area contributed by atoms with Gasteiger partial charge in [0.15, 0.2) is 0 Å². The minimum Gasteiger partial charge on any atom is -0.497 e. The van der Waals surface area contributed by atoms with Crippen LogP contribution in [0.25, 0.3) is 0 Å². The Bertz CT molecular complexity index is 528. The van der Waals surface area contributed by atoms with E-state index in [1.807, 2.05) is 13.0 Å². The van der Waals surface area contributed by atoms with Crippen molar-refractivity contribution in [2.75, 3.05) is 20.2 Å². The van der Waals surface area contributed by atoms with Gasteiger partial charge in [-0.15, -0.1) is 0 Å². The van der Waals surface area contributed by atoms with Crippen molar-refractivity contribution in [1.82, 2.24) is 4.90 Å². The van der Waals surface area contributed by atoms with Gasteiger partial charge in [-0.1, -0.05) is 13.0 Å². The summed E-state index contributed by atoms with van der Waals surface area (Å²) in [6, 6.07) is 6.62. The van der Waals surface area contributed by atoms with E-state index in [0.29, 0.717) is 12.6 Å². The molecule has 1 aromatic rings. The Morgan fingerprint density at radius 1 is 1.40 bits per heavy atom. The Labute approximate surface area is 119 Å². The van der Waals surface area contributed by atoms with E-state index < -0.39 is 5.97 Å². The first-order valence-corrected chi connectivity index (χ1v) is 7.24. The van der Waals surface area contributed by atoms with Gasteiger partial charge in [0.25, 0.3) is 0 Å². The Kier molecular flexibility index (Phi) is 3.42. The maximum Gasteiger partial charge on any atom is 0.308 e. The first kappa shape index (κ1) is 13.4. The van der Waals surface area contributed by atoms with E-state index in [9.17, 15) is 9.90 Å². The number of rotatable bonds is 3. The molecule has 0 aromatic heterocycles. The highest BCUT2D eigenvalue weighted by Crippen LogP contribution is 2.41. The van der Waals surface area contributed by atoms with Gasteiger partial charge in [-0.25, -0.2) is 0 Å². The van der Waals surface area contributed by atoms with Crippen LogP contribution < -0.4 is 4.74 Å². The van der Waals surface area contributed by atoms with Crippen LogP contribution in [0.4, 0.5) is 0 Å². The SMILES string of the molecule is COc1ccc2c(c1)C(N1C[C@@H](C)[C@H](C(=O)O)C1)CC2. The lowest BCUT2D eigenvalue weighted by Gasteiger charge is -2.25. The molecule has 0 radical (unpaired) electrons. The number of carboxylic acid groups (broad SMARTS) is 1. The smallest absolute Gasteiger partial charge is 0.308 e. The highest BCUT2D eigenvalue weighted by Gasteiger charge is 2.39. The second-order valence-corrected chi connectivity index (χ2v) is 6.00. The number of nitrogens with zero attached hydrogens (tertiary/aromatic N) is 1. The maximum absolute atomic E-state index is 11.3. The quantitative estimate of drug-likeness (QED) is 0.920. The highest BCUT2D eigenvalue weighted by molar-refractivity contribution is 5.71. The van der Waals surface area contributed by atoms with Crippen LogP contribution in [0.15, 0.2) is 18.2 Å². The number of benzene rings is 1. The molecule has 0 amide bonds. The molecule has 1 aromatic carbocycles. The van der Waals surface area contributed by atoms with E-state index in [4.69, 9.17) is 4.74 Å². The molecule has 1 saturated heterocycles. The minimum atomic E-state index is -0.663. The monoisotopic (exact) mass is 275 g/mol. The van der Waals surface area contributed by atoms with Crippen molar-refractivity contribution in [2.45, 2.75) is 25.8 Å². The van der Waals surface area contributed by atoms with Crippen molar-refractivity contribution in [3.8, 4) is 5.75 Å². The molecule has 4 nitrogen and oxygen atoms in total. The van der Waals surface area contributed by atoms with Crippen molar-refractivity contribution >= 4 is 5.97 Å². The van der Waals surface area contributed by atoms with Crippen molar-refractivity contribution in [1.29, 1.82) is 0 Å². The zero-order chi connectivity index (χ0) is 14.3. The molecule has 1 N–H and O–H groups in total. The summed E-state index contributed by atoms with van der Waals surface area (Å²) in [5.41, 5.74) is 2.70. The zero-order valence-corrected chi connectivity index (χ0v) is 12.0. The van der Waals surface area contributed by atoms with Crippen molar-refractivity contribution in [3.63, 3.8) is 0 Å². The minimum absolute atomic E-state index is 0.224. The predicted octanol–water partition coefficient (Wildman–Crippen LogP) is 2.33. The molecular formula is C16H21NO3. The zero-order valence-electron chi connectivity index (χ0n) is 12.0. The number of carboxylic acids is 1. The second kappa shape index (κ2) is 5.09. The molecule has 1 fully saturated rings. The Hall–Kier alpha value is -1.55. The molecule has 0 spiro atoms. The molecule has 0 bridgehead atoms. The number of aryl methyl sites for hydroxylation is 1. The standard InChI is InChI=1S/C16H21NO3/c1-10-8-17(9-14(10)16(18)19)15-6-4-11-3-5-12(20-2)7-13(11)15/h3,5,7,10,14-15H,4,6,8-9H2,1-2H3,(H,18,19)/t10-,14-,15?/m1/s1. The van der Waals surface area contributed by atoms with Gasteiger partial charge in [-0.05, 0) is 42.0 Å². The summed E-state index contributed by atoms with van der Waals surface area (Å²) in [6.45, 7) is 3.58. The van der Waals surface area contributed by atoms with Gasteiger partial charge < -0.3 is 9.84 Å². The summed E-state index contributed by atoms with van der Waals surface area (Å²) in [6.07, 6.45) is 2.16. The van der Waals surface area contributed by atoms with Crippen LogP contribution in [-0.4, -0.2) is 36.2 Å². The molecule has 3 atom stereocenters. The van der Waals surface area contributed by atoms with Gasteiger partial charge >= 0.3 is 5.97 Å². The molecule has 1 unspecified atom stereocenters. The van der Waals surface area contributed by atoms with Crippen LogP contribution in [0.3, 0.4) is 0 Å². The lowest BCUT2D eigenvalue weighted by Crippen LogP contribution is -2.26. The van der Waals surface area contributed by atoms with Crippen LogP contribution in [0.2, 0.25) is 0 Å². The third-order valence-electron chi connectivity index (χ3n) is 4.80. The van der Waals surface area contributed by atoms with Crippen LogP contribution in [0, 0.1) is 11.8 Å². The van der Waals surface area contributed by atoms with Crippen molar-refractivity contribution in [3.05, 3.63) is 29.3 Å². The van der Waals surface area contributed by atoms with Crippen molar-refractivity contribution < 1.29 is 14.6 Å². The Balaban J connectivity index is 1.83. The summed E-state index contributed by atoms with van der Waals surface area (Å²) < 4.78 is 5.32. The summed E-state index contributed by atoms with van der Waals surface area (Å²) in [5, 5.41) is 9.28. The second-order valence-electron chi connectivity index (χ2n) is 6.00. The first-order chi connectivity index (χ1) is 9.60. The summed E-state index contributed by atoms with van der Waals surface area (Å²) in [5.74, 6) is 0.216. The average Bonchev–Trinajstić information content (AvgIpc) is 3.01. The summed E-state index contributed by atoms with van der Waals surface area (Å²) in [4.78, 5) is 13.6. The first-order valence-electron chi connectivity index (χ1n) is 7.24. The third kappa shape index (κ3) is 2.18. The van der Waals surface area contributed by atoms with Gasteiger partial charge in [0.1, 0.15) is 5.75 Å². The molecule has 2 aliphatic rings. The fourth-order valence-electron chi connectivity index (χ4n) is 3.65. The topological polar surface area (TPSA) is 49.8 Å². The molecule has 20 heavy (non-hydrogen) atoms. The molecule has 1 aliphatic carbocycles. The van der Waals surface area contributed by atoms with Gasteiger partial charge in [0, 0.05) is 19.1 Å². The Morgan fingerprint density at radius 2 is 2.20 bits per heavy atom. The van der Waals surface area contributed by atoms with Gasteiger partial charge in [-0.3, -0.25) is 9.69 Å². The lowest BCUT2D eigenvalue weighted by molar-refractivity contribution is -0.142. The van der Waals surface area contributed by atoms with Gasteiger partial charge in [-0.2, -0.15) is 0 Å². The fourth-order valence-corrected chi connectivity index (χ4v) is 3.65. The number of methoxy groups -OCH3 is 1. The molecule has 4 heteroatoms. The lowest BCUT2D eigenvalue weighted by atomic mass is 9.99. The number of hydrogen-bond acceptors (Lipinski definition) is 3. The van der Waals surface area contributed by atoms with E-state index in [2.05, 4.69) is 17.0 Å². The van der Waals surface area contributed by atoms with Crippen LogP contribution in [0.5, 0.6) is 5.75 Å². The van der Waals surface area contributed by atoms with Gasteiger partial charge in [0.2, 0.25) is 0 Å². The van der Waals surface area contributed by atoms with E-state index >= 15 is 0 Å². The number of likely N-dealkylation sites (tertiary alicyclic amines) is 1. The molecular weight excluding hydrogens is 254 g/mol.